The molecule has 4 aromatic heterocycles. The van der Waals surface area contributed by atoms with Crippen molar-refractivity contribution in [1.29, 1.82) is 5.26 Å². The number of aromatic amines is 1. The highest BCUT2D eigenvalue weighted by Crippen LogP contribution is 2.54. The van der Waals surface area contributed by atoms with E-state index < -0.39 is 5.60 Å². The lowest BCUT2D eigenvalue weighted by Gasteiger charge is -2.27. The Morgan fingerprint density at radius 1 is 1.20 bits per heavy atom. The van der Waals surface area contributed by atoms with Crippen molar-refractivity contribution in [3.05, 3.63) is 47.9 Å². The molecule has 5 aromatic rings. The molecule has 208 valence electrons. The van der Waals surface area contributed by atoms with E-state index in [1.54, 1.807) is 11.8 Å². The van der Waals surface area contributed by atoms with Gasteiger partial charge in [0.05, 0.1) is 42.8 Å². The highest BCUT2D eigenvalue weighted by molar-refractivity contribution is 6.06. The highest BCUT2D eigenvalue weighted by Gasteiger charge is 2.51. The average Bonchev–Trinajstić information content (AvgIpc) is 3.44. The zero-order valence-corrected chi connectivity index (χ0v) is 23.6. The number of hydrogen-bond donors (Lipinski definition) is 1. The summed E-state index contributed by atoms with van der Waals surface area (Å²) in [6.45, 7) is 3.30. The average molecular weight is 549 g/mol. The number of nitriles is 1. The molecule has 41 heavy (non-hydrogen) atoms. The Morgan fingerprint density at radius 3 is 2.88 bits per heavy atom. The van der Waals surface area contributed by atoms with Crippen molar-refractivity contribution < 1.29 is 9.47 Å². The third-order valence-electron chi connectivity index (χ3n) is 9.43. The van der Waals surface area contributed by atoms with E-state index in [0.29, 0.717) is 18.9 Å². The summed E-state index contributed by atoms with van der Waals surface area (Å²) in [5.41, 5.74) is 8.01. The topological polar surface area (TPSA) is 110 Å². The molecule has 3 aliphatic rings. The molecule has 1 aliphatic carbocycles. The van der Waals surface area contributed by atoms with Crippen molar-refractivity contribution in [2.75, 3.05) is 26.7 Å². The van der Waals surface area contributed by atoms with Crippen LogP contribution in [0.2, 0.25) is 0 Å². The lowest BCUT2D eigenvalue weighted by Crippen LogP contribution is -2.34. The number of methoxy groups -OCH3 is 1. The molecule has 1 atom stereocenters. The van der Waals surface area contributed by atoms with E-state index in [0.717, 1.165) is 88.8 Å². The quantitative estimate of drug-likeness (QED) is 0.329. The molecule has 10 heteroatoms. The fourth-order valence-electron chi connectivity index (χ4n) is 7.24. The van der Waals surface area contributed by atoms with E-state index in [1.807, 2.05) is 37.4 Å². The van der Waals surface area contributed by atoms with Crippen LogP contribution in [0.1, 0.15) is 36.8 Å². The molecular weight excluding hydrogens is 516 g/mol. The number of nitrogens with zero attached hydrogens (tertiary/aromatic N) is 7. The number of ether oxygens (including phenoxy) is 2. The molecule has 1 saturated carbocycles. The number of aryl methyl sites for hydroxylation is 2. The van der Waals surface area contributed by atoms with Crippen LogP contribution in [0.4, 0.5) is 0 Å². The summed E-state index contributed by atoms with van der Waals surface area (Å²) < 4.78 is 16.1. The number of pyridine rings is 1. The molecule has 1 saturated heterocycles. The molecule has 0 bridgehead atoms. The molecule has 1 spiro atoms. The molecule has 0 unspecified atom stereocenters. The zero-order valence-electron chi connectivity index (χ0n) is 23.6. The summed E-state index contributed by atoms with van der Waals surface area (Å²) in [5, 5.41) is 20.6. The summed E-state index contributed by atoms with van der Waals surface area (Å²) in [4.78, 5) is 11.1. The van der Waals surface area contributed by atoms with Crippen molar-refractivity contribution >= 4 is 21.9 Å². The van der Waals surface area contributed by atoms with Crippen LogP contribution in [0, 0.1) is 16.7 Å². The van der Waals surface area contributed by atoms with Crippen molar-refractivity contribution in [2.24, 2.45) is 19.5 Å². The third kappa shape index (κ3) is 3.65. The van der Waals surface area contributed by atoms with E-state index in [4.69, 9.17) is 14.5 Å². The van der Waals surface area contributed by atoms with Gasteiger partial charge in [-0.25, -0.2) is 4.98 Å². The molecular formula is C31H32N8O2. The second-order valence-corrected chi connectivity index (χ2v) is 12.1. The van der Waals surface area contributed by atoms with Crippen molar-refractivity contribution in [3.63, 3.8) is 0 Å². The Kier molecular flexibility index (Phi) is 5.19. The number of nitrogens with one attached hydrogen (secondary N) is 1. The Hall–Kier alpha value is -4.20. The van der Waals surface area contributed by atoms with Crippen LogP contribution in [0.3, 0.4) is 0 Å². The van der Waals surface area contributed by atoms with E-state index >= 15 is 0 Å². The number of hydrogen-bond acceptors (Lipinski definition) is 7. The van der Waals surface area contributed by atoms with Gasteiger partial charge in [0.1, 0.15) is 11.2 Å². The molecule has 0 amide bonds. The monoisotopic (exact) mass is 548 g/mol. The summed E-state index contributed by atoms with van der Waals surface area (Å²) in [6, 6.07) is 8.93. The van der Waals surface area contributed by atoms with Gasteiger partial charge in [0.15, 0.2) is 0 Å². The van der Waals surface area contributed by atoms with Crippen molar-refractivity contribution in [3.8, 4) is 34.3 Å². The molecule has 8 rings (SSSR count). The SMILES string of the molecule is COc1nn(C)cc1-c1[nH]c2ncc3c(c2c1-c1ccc2c(cnn2C)c1)[C@]1(CCN(CC2(CC#N)CC2)C1)OC3. The van der Waals surface area contributed by atoms with Gasteiger partial charge in [-0.2, -0.15) is 10.4 Å². The van der Waals surface area contributed by atoms with Crippen LogP contribution in [0.25, 0.3) is 44.3 Å². The fourth-order valence-corrected chi connectivity index (χ4v) is 7.24. The number of aromatic nitrogens is 6. The second-order valence-electron chi connectivity index (χ2n) is 12.1. The number of benzene rings is 1. The van der Waals surface area contributed by atoms with Gasteiger partial charge in [-0.3, -0.25) is 14.3 Å². The first-order valence-electron chi connectivity index (χ1n) is 14.2. The molecule has 2 fully saturated rings. The lowest BCUT2D eigenvalue weighted by atomic mass is 9.86. The van der Waals surface area contributed by atoms with E-state index in [2.05, 4.69) is 44.3 Å². The maximum absolute atomic E-state index is 9.39. The predicted molar refractivity (Wildman–Crippen MR) is 154 cm³/mol. The third-order valence-corrected chi connectivity index (χ3v) is 9.43. The molecule has 1 aromatic carbocycles. The van der Waals surface area contributed by atoms with Crippen LogP contribution < -0.4 is 4.74 Å². The van der Waals surface area contributed by atoms with Gasteiger partial charge in [-0.15, -0.1) is 5.10 Å². The van der Waals surface area contributed by atoms with E-state index in [9.17, 15) is 5.26 Å². The second kappa shape index (κ2) is 8.65. The standard InChI is InChI=1S/C31H32N8O2/c1-37-15-22(29(36-37)40-3)27-24(19-4-5-23-20(12-19)14-34-38(23)2)25-26-21(13-33-28(25)35-27)16-41-31(26)9-11-39(18-31)17-30(6-7-30)8-10-32/h4-5,12-15H,6-9,11,16-18H2,1-3H3,(H,33,35)/t31-/m1/s1. The lowest BCUT2D eigenvalue weighted by molar-refractivity contribution is -0.0296. The van der Waals surface area contributed by atoms with Crippen LogP contribution in [0.15, 0.2) is 36.8 Å². The van der Waals surface area contributed by atoms with Gasteiger partial charge in [-0.05, 0) is 42.4 Å². The predicted octanol–water partition coefficient (Wildman–Crippen LogP) is 4.65. The Labute approximate surface area is 237 Å². The molecule has 2 aliphatic heterocycles. The number of likely N-dealkylation sites (tertiary alicyclic amines) is 1. The Balaban J connectivity index is 1.33. The normalized spacial score (nSPS) is 21.2. The van der Waals surface area contributed by atoms with E-state index in [1.165, 1.54) is 5.56 Å². The first-order chi connectivity index (χ1) is 19.9. The van der Waals surface area contributed by atoms with Gasteiger partial charge in [0, 0.05) is 80.0 Å². The summed E-state index contributed by atoms with van der Waals surface area (Å²) in [6.07, 6.45) is 9.72. The van der Waals surface area contributed by atoms with Gasteiger partial charge < -0.3 is 14.5 Å². The minimum Gasteiger partial charge on any atom is -0.479 e. The van der Waals surface area contributed by atoms with E-state index in [-0.39, 0.29) is 5.41 Å². The number of rotatable bonds is 6. The maximum atomic E-state index is 9.39. The summed E-state index contributed by atoms with van der Waals surface area (Å²) in [7, 11) is 5.52. The van der Waals surface area contributed by atoms with Crippen LogP contribution >= 0.6 is 0 Å². The Morgan fingerprint density at radius 2 is 2.07 bits per heavy atom. The van der Waals surface area contributed by atoms with Gasteiger partial charge in [0.25, 0.3) is 0 Å². The smallest absolute Gasteiger partial charge is 0.241 e. The molecule has 0 radical (unpaired) electrons. The highest BCUT2D eigenvalue weighted by atomic mass is 16.5. The first-order valence-corrected chi connectivity index (χ1v) is 14.2. The first kappa shape index (κ1) is 24.6. The maximum Gasteiger partial charge on any atom is 0.241 e. The van der Waals surface area contributed by atoms with Crippen molar-refractivity contribution in [1.82, 2.24) is 34.4 Å². The Bertz CT molecular complexity index is 1890. The molecule has 6 heterocycles. The summed E-state index contributed by atoms with van der Waals surface area (Å²) >= 11 is 0. The number of fused-ring (bicyclic) bond motifs is 5. The summed E-state index contributed by atoms with van der Waals surface area (Å²) in [5.74, 6) is 0.560. The van der Waals surface area contributed by atoms with Gasteiger partial charge in [-0.1, -0.05) is 6.07 Å². The minimum atomic E-state index is -0.412. The van der Waals surface area contributed by atoms with Gasteiger partial charge >= 0.3 is 0 Å². The largest absolute Gasteiger partial charge is 0.479 e. The van der Waals surface area contributed by atoms with Crippen LogP contribution in [0.5, 0.6) is 5.88 Å². The molecule has 10 nitrogen and oxygen atoms in total. The fraction of sp³-hybridized carbons (Fsp3) is 0.419. The van der Waals surface area contributed by atoms with Crippen molar-refractivity contribution in [2.45, 2.75) is 37.9 Å². The zero-order chi connectivity index (χ0) is 27.9. The van der Waals surface area contributed by atoms with Gasteiger partial charge in [0.2, 0.25) is 5.88 Å². The van der Waals surface area contributed by atoms with Crippen LogP contribution in [-0.4, -0.2) is 61.2 Å². The van der Waals surface area contributed by atoms with Crippen LogP contribution in [-0.2, 0) is 31.0 Å². The molecule has 1 N–H and O–H groups in total. The minimum absolute atomic E-state index is 0.164. The number of H-pyrrole nitrogens is 1.